The molecule has 0 radical (unpaired) electrons. The van der Waals surface area contributed by atoms with Gasteiger partial charge in [-0.25, -0.2) is 4.98 Å². The molecule has 2 rings (SSSR count). The Kier molecular flexibility index (Phi) is 3.23. The Labute approximate surface area is 102 Å². The van der Waals surface area contributed by atoms with E-state index in [2.05, 4.69) is 4.98 Å². The number of pyridine rings is 1. The van der Waals surface area contributed by atoms with Crippen LogP contribution < -0.4 is 5.73 Å². The highest BCUT2D eigenvalue weighted by Crippen LogP contribution is 2.32. The number of nitrogens with two attached hydrogens (primary N) is 1. The van der Waals surface area contributed by atoms with Crippen molar-refractivity contribution in [3.05, 3.63) is 59.3 Å². The van der Waals surface area contributed by atoms with E-state index in [-0.39, 0.29) is 17.9 Å². The smallest absolute Gasteiger partial charge is 0.384 e. The molecule has 0 fully saturated rings. The monoisotopic (exact) mass is 252 g/mol. The summed E-state index contributed by atoms with van der Waals surface area (Å²) in [6.07, 6.45) is -4.30. The van der Waals surface area contributed by atoms with Crippen LogP contribution in [0.2, 0.25) is 0 Å². The van der Waals surface area contributed by atoms with Gasteiger partial charge in [-0.3, -0.25) is 0 Å². The number of alkyl halides is 3. The zero-order valence-electron chi connectivity index (χ0n) is 9.41. The molecule has 18 heavy (non-hydrogen) atoms. The first-order valence-corrected chi connectivity index (χ1v) is 5.33. The molecular weight excluding hydrogens is 241 g/mol. The maximum Gasteiger partial charge on any atom is 0.418 e. The molecule has 0 amide bonds. The lowest BCUT2D eigenvalue weighted by atomic mass is 10.0. The minimum absolute atomic E-state index is 0.0475. The Balaban J connectivity index is 2.40. The van der Waals surface area contributed by atoms with Crippen molar-refractivity contribution >= 4 is 5.82 Å². The highest BCUT2D eigenvalue weighted by molar-refractivity contribution is 5.38. The summed E-state index contributed by atoms with van der Waals surface area (Å²) in [6.45, 7) is 0. The highest BCUT2D eigenvalue weighted by Gasteiger charge is 2.34. The van der Waals surface area contributed by atoms with Crippen LogP contribution in [0.1, 0.15) is 16.8 Å². The molecule has 0 atom stereocenters. The Morgan fingerprint density at radius 2 is 1.67 bits per heavy atom. The van der Waals surface area contributed by atoms with Crippen LogP contribution in [0.25, 0.3) is 0 Å². The van der Waals surface area contributed by atoms with E-state index in [0.29, 0.717) is 0 Å². The van der Waals surface area contributed by atoms with Gasteiger partial charge in [-0.15, -0.1) is 0 Å². The van der Waals surface area contributed by atoms with Gasteiger partial charge in [0.25, 0.3) is 0 Å². The van der Waals surface area contributed by atoms with Gasteiger partial charge in [0, 0.05) is 6.42 Å². The van der Waals surface area contributed by atoms with Crippen LogP contribution in [0.4, 0.5) is 19.0 Å². The minimum atomic E-state index is -4.41. The van der Waals surface area contributed by atoms with Crippen LogP contribution >= 0.6 is 0 Å². The average molecular weight is 252 g/mol. The summed E-state index contributed by atoms with van der Waals surface area (Å²) in [4.78, 5) is 3.79. The van der Waals surface area contributed by atoms with Gasteiger partial charge >= 0.3 is 6.18 Å². The SMILES string of the molecule is Nc1ccc(C(F)(F)F)c(Cc2ccccc2)n1. The predicted molar refractivity (Wildman–Crippen MR) is 62.9 cm³/mol. The number of anilines is 1. The molecule has 2 nitrogen and oxygen atoms in total. The number of benzene rings is 1. The molecule has 0 spiro atoms. The zero-order chi connectivity index (χ0) is 13.2. The summed E-state index contributed by atoms with van der Waals surface area (Å²) < 4.78 is 38.4. The van der Waals surface area contributed by atoms with Crippen LogP contribution in [-0.2, 0) is 12.6 Å². The third-order valence-corrected chi connectivity index (χ3v) is 2.52. The first-order valence-electron chi connectivity index (χ1n) is 5.33. The fourth-order valence-electron chi connectivity index (χ4n) is 1.70. The molecule has 0 bridgehead atoms. The first kappa shape index (κ1) is 12.4. The van der Waals surface area contributed by atoms with Gasteiger partial charge in [-0.1, -0.05) is 30.3 Å². The quantitative estimate of drug-likeness (QED) is 0.890. The summed E-state index contributed by atoms with van der Waals surface area (Å²) in [5.74, 6) is 0.0916. The number of rotatable bonds is 2. The van der Waals surface area contributed by atoms with Gasteiger partial charge in [0.15, 0.2) is 0 Å². The lowest BCUT2D eigenvalue weighted by Crippen LogP contribution is -2.12. The number of hydrogen-bond donors (Lipinski definition) is 1. The van der Waals surface area contributed by atoms with Crippen LogP contribution in [0, 0.1) is 0 Å². The Morgan fingerprint density at radius 1 is 1.00 bits per heavy atom. The molecule has 1 aromatic heterocycles. The van der Waals surface area contributed by atoms with Crippen molar-refractivity contribution in [3.8, 4) is 0 Å². The minimum Gasteiger partial charge on any atom is -0.384 e. The summed E-state index contributed by atoms with van der Waals surface area (Å²) in [6, 6.07) is 11.0. The van der Waals surface area contributed by atoms with E-state index in [1.807, 2.05) is 0 Å². The highest BCUT2D eigenvalue weighted by atomic mass is 19.4. The van der Waals surface area contributed by atoms with Gasteiger partial charge < -0.3 is 5.73 Å². The van der Waals surface area contributed by atoms with E-state index in [9.17, 15) is 13.2 Å². The molecule has 2 N–H and O–H groups in total. The summed E-state index contributed by atoms with van der Waals surface area (Å²) >= 11 is 0. The molecule has 0 unspecified atom stereocenters. The molecule has 94 valence electrons. The van der Waals surface area contributed by atoms with Crippen molar-refractivity contribution < 1.29 is 13.2 Å². The van der Waals surface area contributed by atoms with Gasteiger partial charge in [0.1, 0.15) is 5.82 Å². The lowest BCUT2D eigenvalue weighted by Gasteiger charge is -2.12. The molecule has 5 heteroatoms. The van der Waals surface area contributed by atoms with Gasteiger partial charge in [-0.2, -0.15) is 13.2 Å². The van der Waals surface area contributed by atoms with E-state index < -0.39 is 11.7 Å². The second-order valence-electron chi connectivity index (χ2n) is 3.89. The number of hydrogen-bond acceptors (Lipinski definition) is 2. The maximum absolute atomic E-state index is 12.8. The molecule has 0 aliphatic carbocycles. The maximum atomic E-state index is 12.8. The molecule has 0 saturated heterocycles. The number of nitrogen functional groups attached to an aromatic ring is 1. The van der Waals surface area contributed by atoms with Crippen LogP contribution in [0.3, 0.4) is 0 Å². The Hall–Kier alpha value is -2.04. The van der Waals surface area contributed by atoms with Crippen LogP contribution in [0.5, 0.6) is 0 Å². The van der Waals surface area contributed by atoms with Crippen molar-refractivity contribution in [2.24, 2.45) is 0 Å². The molecule has 0 aliphatic rings. The predicted octanol–water partition coefficient (Wildman–Crippen LogP) is 3.27. The standard InChI is InChI=1S/C13H11F3N2/c14-13(15,16)10-6-7-12(17)18-11(10)8-9-4-2-1-3-5-9/h1-7H,8H2,(H2,17,18). The summed E-state index contributed by atoms with van der Waals surface area (Å²) in [5, 5.41) is 0. The molecule has 0 saturated carbocycles. The van der Waals surface area contributed by atoms with Crippen molar-refractivity contribution in [2.45, 2.75) is 12.6 Å². The number of halogens is 3. The van der Waals surface area contributed by atoms with E-state index >= 15 is 0 Å². The lowest BCUT2D eigenvalue weighted by molar-refractivity contribution is -0.138. The average Bonchev–Trinajstić information content (AvgIpc) is 2.28. The largest absolute Gasteiger partial charge is 0.418 e. The molecule has 1 aromatic carbocycles. The molecular formula is C13H11F3N2. The zero-order valence-corrected chi connectivity index (χ0v) is 9.41. The third kappa shape index (κ3) is 2.80. The van der Waals surface area contributed by atoms with Crippen LogP contribution in [0.15, 0.2) is 42.5 Å². The molecule has 1 heterocycles. The van der Waals surface area contributed by atoms with Crippen molar-refractivity contribution in [1.29, 1.82) is 0 Å². The van der Waals surface area contributed by atoms with Crippen molar-refractivity contribution in [3.63, 3.8) is 0 Å². The fourth-order valence-corrected chi connectivity index (χ4v) is 1.70. The van der Waals surface area contributed by atoms with E-state index in [1.165, 1.54) is 0 Å². The van der Waals surface area contributed by atoms with E-state index in [4.69, 9.17) is 5.73 Å². The van der Waals surface area contributed by atoms with Crippen molar-refractivity contribution in [1.82, 2.24) is 4.98 Å². The second kappa shape index (κ2) is 4.68. The Bertz CT molecular complexity index is 536. The van der Waals surface area contributed by atoms with Gasteiger partial charge in [0.05, 0.1) is 11.3 Å². The van der Waals surface area contributed by atoms with Crippen LogP contribution in [-0.4, -0.2) is 4.98 Å². The third-order valence-electron chi connectivity index (χ3n) is 2.52. The fraction of sp³-hybridized carbons (Fsp3) is 0.154. The topological polar surface area (TPSA) is 38.9 Å². The van der Waals surface area contributed by atoms with E-state index in [0.717, 1.165) is 17.7 Å². The number of nitrogens with zero attached hydrogens (tertiary/aromatic N) is 1. The summed E-state index contributed by atoms with van der Waals surface area (Å²) in [5.41, 5.74) is 5.43. The van der Waals surface area contributed by atoms with Gasteiger partial charge in [0.2, 0.25) is 0 Å². The van der Waals surface area contributed by atoms with E-state index in [1.54, 1.807) is 30.3 Å². The molecule has 2 aromatic rings. The van der Waals surface area contributed by atoms with Crippen molar-refractivity contribution in [2.75, 3.05) is 5.73 Å². The van der Waals surface area contributed by atoms with Gasteiger partial charge in [-0.05, 0) is 17.7 Å². The Morgan fingerprint density at radius 3 is 2.28 bits per heavy atom. The normalized spacial score (nSPS) is 11.5. The first-order chi connectivity index (χ1) is 8.47. The summed E-state index contributed by atoms with van der Waals surface area (Å²) in [7, 11) is 0. The molecule has 0 aliphatic heterocycles. The number of aromatic nitrogens is 1. The second-order valence-corrected chi connectivity index (χ2v) is 3.89.